The number of rotatable bonds is 5. The lowest BCUT2D eigenvalue weighted by Crippen LogP contribution is -1.96. The lowest BCUT2D eigenvalue weighted by molar-refractivity contribution is -0.105. The summed E-state index contributed by atoms with van der Waals surface area (Å²) in [7, 11) is 0. The Balaban J connectivity index is 1.93. The first-order valence-corrected chi connectivity index (χ1v) is 5.76. The van der Waals surface area contributed by atoms with Gasteiger partial charge >= 0.3 is 0 Å². The number of amides is 1. The molecule has 0 aromatic heterocycles. The van der Waals surface area contributed by atoms with E-state index in [0.717, 1.165) is 17.0 Å². The molecule has 0 aliphatic carbocycles. The van der Waals surface area contributed by atoms with Gasteiger partial charge in [-0.15, -0.1) is 0 Å². The maximum atomic E-state index is 10.3. The molecule has 3 heteroatoms. The van der Waals surface area contributed by atoms with Crippen LogP contribution in [0.2, 0.25) is 0 Å². The Morgan fingerprint density at radius 3 is 2.33 bits per heavy atom. The molecule has 0 heterocycles. The van der Waals surface area contributed by atoms with E-state index in [0.29, 0.717) is 13.0 Å². The smallest absolute Gasteiger partial charge is 0.211 e. The summed E-state index contributed by atoms with van der Waals surface area (Å²) >= 11 is 0. The first-order chi connectivity index (χ1) is 8.78. The molecule has 0 aliphatic heterocycles. The molecular weight excluding hydrogens is 226 g/mol. The van der Waals surface area contributed by atoms with Gasteiger partial charge in [0.1, 0.15) is 12.4 Å². The third kappa shape index (κ3) is 3.35. The molecular formula is C15H15NO2. The number of carbonyl (C=O) groups excluding carboxylic acids is 1. The van der Waals surface area contributed by atoms with E-state index in [9.17, 15) is 4.79 Å². The molecule has 0 spiro atoms. The molecule has 0 bridgehead atoms. The maximum absolute atomic E-state index is 10.3. The first kappa shape index (κ1) is 12.2. The Morgan fingerprint density at radius 1 is 1.06 bits per heavy atom. The molecule has 2 aromatic carbocycles. The first-order valence-electron chi connectivity index (χ1n) is 5.76. The van der Waals surface area contributed by atoms with Gasteiger partial charge in [0.2, 0.25) is 6.41 Å². The molecule has 0 saturated heterocycles. The van der Waals surface area contributed by atoms with Gasteiger partial charge in [-0.3, -0.25) is 4.79 Å². The van der Waals surface area contributed by atoms with Crippen molar-refractivity contribution >= 4 is 12.1 Å². The average Bonchev–Trinajstić information content (AvgIpc) is 2.40. The van der Waals surface area contributed by atoms with Crippen molar-refractivity contribution in [2.24, 2.45) is 0 Å². The van der Waals surface area contributed by atoms with E-state index in [4.69, 9.17) is 4.74 Å². The van der Waals surface area contributed by atoms with E-state index < -0.39 is 0 Å². The van der Waals surface area contributed by atoms with E-state index in [1.54, 1.807) is 12.1 Å². The summed E-state index contributed by atoms with van der Waals surface area (Å²) in [5.41, 5.74) is 3.13. The third-order valence-corrected chi connectivity index (χ3v) is 2.61. The van der Waals surface area contributed by atoms with Gasteiger partial charge in [-0.05, 0) is 36.8 Å². The highest BCUT2D eigenvalue weighted by atomic mass is 16.5. The van der Waals surface area contributed by atoms with Crippen LogP contribution in [0.4, 0.5) is 5.69 Å². The van der Waals surface area contributed by atoms with Gasteiger partial charge in [-0.1, -0.05) is 29.8 Å². The fourth-order valence-electron chi connectivity index (χ4n) is 1.57. The topological polar surface area (TPSA) is 38.3 Å². The van der Waals surface area contributed by atoms with Crippen LogP contribution in [-0.2, 0) is 11.4 Å². The Hall–Kier alpha value is -2.29. The maximum Gasteiger partial charge on any atom is 0.211 e. The minimum Gasteiger partial charge on any atom is -0.489 e. The summed E-state index contributed by atoms with van der Waals surface area (Å²) in [5, 5.41) is 2.58. The van der Waals surface area contributed by atoms with Crippen molar-refractivity contribution in [3.63, 3.8) is 0 Å². The average molecular weight is 241 g/mol. The Morgan fingerprint density at radius 2 is 1.72 bits per heavy atom. The molecule has 0 aliphatic rings. The highest BCUT2D eigenvalue weighted by Gasteiger charge is 1.96. The highest BCUT2D eigenvalue weighted by molar-refractivity contribution is 5.71. The molecule has 92 valence electrons. The van der Waals surface area contributed by atoms with Gasteiger partial charge < -0.3 is 10.1 Å². The molecule has 1 amide bonds. The van der Waals surface area contributed by atoms with Crippen LogP contribution >= 0.6 is 0 Å². The van der Waals surface area contributed by atoms with E-state index in [-0.39, 0.29) is 0 Å². The molecule has 0 radical (unpaired) electrons. The van der Waals surface area contributed by atoms with Gasteiger partial charge in [0.05, 0.1) is 0 Å². The number of aryl methyl sites for hydroxylation is 1. The third-order valence-electron chi connectivity index (χ3n) is 2.61. The van der Waals surface area contributed by atoms with E-state index in [2.05, 4.69) is 36.5 Å². The predicted molar refractivity (Wildman–Crippen MR) is 71.6 cm³/mol. The molecule has 1 N–H and O–H groups in total. The molecule has 18 heavy (non-hydrogen) atoms. The SMILES string of the molecule is Cc1ccc(COc2ccc(NC=O)cc2)cc1. The lowest BCUT2D eigenvalue weighted by atomic mass is 10.2. The summed E-state index contributed by atoms with van der Waals surface area (Å²) in [6.07, 6.45) is 0.655. The Labute approximate surface area is 106 Å². The second-order valence-corrected chi connectivity index (χ2v) is 4.06. The highest BCUT2D eigenvalue weighted by Crippen LogP contribution is 2.16. The fraction of sp³-hybridized carbons (Fsp3) is 0.133. The zero-order valence-corrected chi connectivity index (χ0v) is 10.2. The van der Waals surface area contributed by atoms with Crippen LogP contribution in [0.25, 0.3) is 0 Å². The van der Waals surface area contributed by atoms with Crippen LogP contribution in [-0.4, -0.2) is 6.41 Å². The van der Waals surface area contributed by atoms with Crippen molar-refractivity contribution < 1.29 is 9.53 Å². The number of ether oxygens (including phenoxy) is 1. The standard InChI is InChI=1S/C15H15NO2/c1-12-2-4-13(5-3-12)10-18-15-8-6-14(7-9-15)16-11-17/h2-9,11H,10H2,1H3,(H,16,17). The van der Waals surface area contributed by atoms with Crippen molar-refractivity contribution in [2.45, 2.75) is 13.5 Å². The summed E-state index contributed by atoms with van der Waals surface area (Å²) in [6.45, 7) is 2.60. The van der Waals surface area contributed by atoms with Gasteiger partial charge in [0.15, 0.2) is 0 Å². The van der Waals surface area contributed by atoms with Crippen LogP contribution in [0.1, 0.15) is 11.1 Å². The number of nitrogens with one attached hydrogen (secondary N) is 1. The van der Waals surface area contributed by atoms with Crippen molar-refractivity contribution in [1.29, 1.82) is 0 Å². The molecule has 0 atom stereocenters. The molecule has 3 nitrogen and oxygen atoms in total. The number of benzene rings is 2. The van der Waals surface area contributed by atoms with Gasteiger partial charge in [0, 0.05) is 5.69 Å². The minimum atomic E-state index is 0.542. The largest absolute Gasteiger partial charge is 0.489 e. The second kappa shape index (κ2) is 5.87. The van der Waals surface area contributed by atoms with Crippen molar-refractivity contribution in [3.8, 4) is 5.75 Å². The monoisotopic (exact) mass is 241 g/mol. The number of carbonyl (C=O) groups is 1. The normalized spacial score (nSPS) is 9.83. The van der Waals surface area contributed by atoms with Crippen LogP contribution in [0.15, 0.2) is 48.5 Å². The number of anilines is 1. The summed E-state index contributed by atoms with van der Waals surface area (Å²) < 4.78 is 5.65. The van der Waals surface area contributed by atoms with Gasteiger partial charge in [0.25, 0.3) is 0 Å². The van der Waals surface area contributed by atoms with E-state index >= 15 is 0 Å². The fourth-order valence-corrected chi connectivity index (χ4v) is 1.57. The summed E-state index contributed by atoms with van der Waals surface area (Å²) in [4.78, 5) is 10.3. The van der Waals surface area contributed by atoms with Gasteiger partial charge in [-0.2, -0.15) is 0 Å². The zero-order chi connectivity index (χ0) is 12.8. The van der Waals surface area contributed by atoms with Crippen molar-refractivity contribution in [1.82, 2.24) is 0 Å². The van der Waals surface area contributed by atoms with Crippen LogP contribution in [0.5, 0.6) is 5.75 Å². The second-order valence-electron chi connectivity index (χ2n) is 4.06. The molecule has 2 aromatic rings. The predicted octanol–water partition coefficient (Wildman–Crippen LogP) is 3.14. The minimum absolute atomic E-state index is 0.542. The van der Waals surface area contributed by atoms with E-state index in [1.807, 2.05) is 12.1 Å². The quantitative estimate of drug-likeness (QED) is 0.817. The Bertz CT molecular complexity index is 503. The summed E-state index contributed by atoms with van der Waals surface area (Å²) in [6, 6.07) is 15.5. The molecule has 0 unspecified atom stereocenters. The van der Waals surface area contributed by atoms with Crippen LogP contribution in [0, 0.1) is 6.92 Å². The van der Waals surface area contributed by atoms with Crippen molar-refractivity contribution in [2.75, 3.05) is 5.32 Å². The van der Waals surface area contributed by atoms with Gasteiger partial charge in [-0.25, -0.2) is 0 Å². The zero-order valence-electron chi connectivity index (χ0n) is 10.2. The lowest BCUT2D eigenvalue weighted by Gasteiger charge is -2.07. The molecule has 2 rings (SSSR count). The van der Waals surface area contributed by atoms with Crippen molar-refractivity contribution in [3.05, 3.63) is 59.7 Å². The van der Waals surface area contributed by atoms with E-state index in [1.165, 1.54) is 5.56 Å². The molecule has 0 fully saturated rings. The van der Waals surface area contributed by atoms with Crippen LogP contribution < -0.4 is 10.1 Å². The Kier molecular flexibility index (Phi) is 3.97. The molecule has 0 saturated carbocycles. The van der Waals surface area contributed by atoms with Crippen LogP contribution in [0.3, 0.4) is 0 Å². The summed E-state index contributed by atoms with van der Waals surface area (Å²) in [5.74, 6) is 0.784. The number of hydrogen-bond acceptors (Lipinski definition) is 2. The number of hydrogen-bond donors (Lipinski definition) is 1.